The minimum absolute atomic E-state index is 0.0741. The van der Waals surface area contributed by atoms with Crippen LogP contribution in [0, 0.1) is 5.92 Å². The number of allylic oxidation sites excluding steroid dienone is 2. The predicted molar refractivity (Wildman–Crippen MR) is 191 cm³/mol. The van der Waals surface area contributed by atoms with Crippen molar-refractivity contribution in [2.24, 2.45) is 5.92 Å². The average Bonchev–Trinajstić information content (AvgIpc) is 3.12. The molecule has 3 aromatic rings. The topological polar surface area (TPSA) is 123 Å². The minimum atomic E-state index is -0.802. The summed E-state index contributed by atoms with van der Waals surface area (Å²) in [7, 11) is 1.51. The monoisotopic (exact) mass is 670 g/mol. The van der Waals surface area contributed by atoms with E-state index in [0.717, 1.165) is 29.7 Å². The third kappa shape index (κ3) is 14.1. The van der Waals surface area contributed by atoms with Gasteiger partial charge in [0.25, 0.3) is 0 Å². The van der Waals surface area contributed by atoms with Gasteiger partial charge in [-0.3, -0.25) is 14.4 Å². The number of hydrogen-bond donors (Lipinski definition) is 3. The van der Waals surface area contributed by atoms with E-state index in [1.54, 1.807) is 6.08 Å². The van der Waals surface area contributed by atoms with Gasteiger partial charge in [0.2, 0.25) is 11.8 Å². The summed E-state index contributed by atoms with van der Waals surface area (Å²) >= 11 is 0. The second kappa shape index (κ2) is 22.0. The van der Waals surface area contributed by atoms with Crippen LogP contribution in [0.1, 0.15) is 61.3 Å². The van der Waals surface area contributed by atoms with Crippen LogP contribution in [-0.2, 0) is 36.9 Å². The summed E-state index contributed by atoms with van der Waals surface area (Å²) in [6.45, 7) is 7.75. The van der Waals surface area contributed by atoms with Crippen LogP contribution < -0.4 is 15.4 Å². The first kappa shape index (κ1) is 38.7. The summed E-state index contributed by atoms with van der Waals surface area (Å²) in [5.74, 6) is -1.18. The Hall–Kier alpha value is -4.73. The number of hydrogen-bond acceptors (Lipinski definition) is 7. The molecule has 0 radical (unpaired) electrons. The zero-order chi connectivity index (χ0) is 35.3. The van der Waals surface area contributed by atoms with E-state index in [9.17, 15) is 19.5 Å². The fourth-order valence-corrected chi connectivity index (χ4v) is 5.37. The van der Waals surface area contributed by atoms with Gasteiger partial charge in [0, 0.05) is 20.0 Å². The van der Waals surface area contributed by atoms with E-state index in [-0.39, 0.29) is 44.4 Å². The van der Waals surface area contributed by atoms with Crippen LogP contribution in [0.15, 0.2) is 110 Å². The van der Waals surface area contributed by atoms with Gasteiger partial charge in [0.1, 0.15) is 18.5 Å². The number of ether oxygens (including phenoxy) is 3. The van der Waals surface area contributed by atoms with E-state index >= 15 is 0 Å². The van der Waals surface area contributed by atoms with Crippen molar-refractivity contribution in [3.63, 3.8) is 0 Å². The van der Waals surface area contributed by atoms with E-state index in [0.29, 0.717) is 25.0 Å². The third-order valence-electron chi connectivity index (χ3n) is 7.96. The van der Waals surface area contributed by atoms with Crippen LogP contribution in [0.25, 0.3) is 0 Å². The Bertz CT molecular complexity index is 1430. The smallest absolute Gasteiger partial charge is 0.306 e. The van der Waals surface area contributed by atoms with E-state index < -0.39 is 30.0 Å². The molecule has 3 N–H and O–H groups in total. The molecule has 4 atom stereocenters. The summed E-state index contributed by atoms with van der Waals surface area (Å²) in [4.78, 5) is 39.6. The lowest BCUT2D eigenvalue weighted by Crippen LogP contribution is -2.47. The summed E-state index contributed by atoms with van der Waals surface area (Å²) < 4.78 is 17.2. The summed E-state index contributed by atoms with van der Waals surface area (Å²) in [5, 5.41) is 15.9. The summed E-state index contributed by atoms with van der Waals surface area (Å²) in [6, 6.07) is 25.3. The quantitative estimate of drug-likeness (QED) is 0.0640. The lowest BCUT2D eigenvalue weighted by molar-refractivity contribution is -0.153. The van der Waals surface area contributed by atoms with Crippen molar-refractivity contribution in [2.75, 3.05) is 20.3 Å². The Morgan fingerprint density at radius 1 is 0.857 bits per heavy atom. The molecule has 4 unspecified atom stereocenters. The molecule has 0 bridgehead atoms. The zero-order valence-corrected chi connectivity index (χ0v) is 28.4. The number of aliphatic hydroxyl groups is 1. The van der Waals surface area contributed by atoms with Gasteiger partial charge in [-0.25, -0.2) is 0 Å². The molecule has 0 aliphatic heterocycles. The van der Waals surface area contributed by atoms with Crippen molar-refractivity contribution >= 4 is 17.8 Å². The number of rotatable bonds is 23. The highest BCUT2D eigenvalue weighted by molar-refractivity contribution is 5.86. The number of nitrogens with one attached hydrogen (secondary N) is 2. The zero-order valence-electron chi connectivity index (χ0n) is 28.4. The Morgan fingerprint density at radius 3 is 2.18 bits per heavy atom. The maximum atomic E-state index is 13.6. The lowest BCUT2D eigenvalue weighted by Gasteiger charge is -2.29. The number of esters is 1. The molecule has 49 heavy (non-hydrogen) atoms. The molecule has 0 aliphatic rings. The van der Waals surface area contributed by atoms with E-state index in [1.807, 2.05) is 91.0 Å². The molecule has 0 spiro atoms. The number of carbonyl (C=O) groups excluding carboxylic acids is 3. The van der Waals surface area contributed by atoms with E-state index in [2.05, 4.69) is 23.8 Å². The molecule has 3 aromatic carbocycles. The van der Waals surface area contributed by atoms with Crippen molar-refractivity contribution in [2.45, 2.75) is 69.7 Å². The molecule has 9 nitrogen and oxygen atoms in total. The number of unbranched alkanes of at least 4 members (excludes halogenated alkanes) is 2. The second-order valence-electron chi connectivity index (χ2n) is 11.9. The number of methoxy groups -OCH3 is 1. The molecular weight excluding hydrogens is 620 g/mol. The van der Waals surface area contributed by atoms with Gasteiger partial charge in [0.05, 0.1) is 31.2 Å². The van der Waals surface area contributed by atoms with Gasteiger partial charge < -0.3 is 30.0 Å². The molecular formula is C40H50N2O7. The van der Waals surface area contributed by atoms with Crippen molar-refractivity contribution in [1.29, 1.82) is 0 Å². The molecule has 9 heteroatoms. The van der Waals surface area contributed by atoms with Crippen LogP contribution >= 0.6 is 0 Å². The average molecular weight is 671 g/mol. The molecule has 262 valence electrons. The molecule has 2 amide bonds. The summed E-state index contributed by atoms with van der Waals surface area (Å²) in [5.41, 5.74) is 2.69. The van der Waals surface area contributed by atoms with Gasteiger partial charge in [0.15, 0.2) is 0 Å². The Kier molecular flexibility index (Phi) is 17.4. The van der Waals surface area contributed by atoms with Gasteiger partial charge in [-0.05, 0) is 60.9 Å². The first-order chi connectivity index (χ1) is 23.9. The van der Waals surface area contributed by atoms with Crippen LogP contribution in [-0.4, -0.2) is 55.3 Å². The number of benzene rings is 3. The van der Waals surface area contributed by atoms with Crippen LogP contribution in [0.4, 0.5) is 0 Å². The van der Waals surface area contributed by atoms with Crippen molar-refractivity contribution in [1.82, 2.24) is 10.6 Å². The van der Waals surface area contributed by atoms with Gasteiger partial charge in [-0.2, -0.15) is 0 Å². The van der Waals surface area contributed by atoms with Crippen molar-refractivity contribution in [3.05, 3.63) is 127 Å². The van der Waals surface area contributed by atoms with Crippen molar-refractivity contribution < 1.29 is 33.7 Å². The second-order valence-corrected chi connectivity index (χ2v) is 11.9. The number of amides is 2. The molecule has 3 rings (SSSR count). The highest BCUT2D eigenvalue weighted by Gasteiger charge is 2.31. The number of carbonyl (C=O) groups is 3. The van der Waals surface area contributed by atoms with E-state index in [1.165, 1.54) is 7.11 Å². The molecule has 0 saturated carbocycles. The molecule has 0 aromatic heterocycles. The van der Waals surface area contributed by atoms with Gasteiger partial charge in [-0.15, -0.1) is 13.2 Å². The standard InChI is InChI=1S/C40H50N2O7/c1-4-6-7-14-20-38(45)49-39(32-18-12-9-13-19-32)36(29-47-3)42-40(46)33(15-5-2)26-37(44)41-34(27-43)25-30-21-23-35(24-22-30)48-28-31-16-10-8-11-17-31/h4-5,8-13,16-19,21-24,33-34,36,39,43H,1-2,6-7,14-15,20,25-29H2,3H3,(H,41,44)(H,42,46). The molecule has 0 aliphatic carbocycles. The van der Waals surface area contributed by atoms with Crippen LogP contribution in [0.5, 0.6) is 5.75 Å². The largest absolute Gasteiger partial charge is 0.489 e. The fraction of sp³-hybridized carbons (Fsp3) is 0.375. The fourth-order valence-electron chi connectivity index (χ4n) is 5.37. The maximum absolute atomic E-state index is 13.6. The van der Waals surface area contributed by atoms with Gasteiger partial charge in [-0.1, -0.05) is 84.9 Å². The Labute approximate surface area is 290 Å². The highest BCUT2D eigenvalue weighted by atomic mass is 16.5. The van der Waals surface area contributed by atoms with Crippen LogP contribution in [0.3, 0.4) is 0 Å². The molecule has 0 saturated heterocycles. The SMILES string of the molecule is C=CCCCCC(=O)OC(c1ccccc1)C(COC)NC(=O)C(CC=C)CC(=O)NC(CO)Cc1ccc(OCc2ccccc2)cc1. The minimum Gasteiger partial charge on any atom is -0.489 e. The maximum Gasteiger partial charge on any atom is 0.306 e. The van der Waals surface area contributed by atoms with Crippen molar-refractivity contribution in [3.8, 4) is 5.75 Å². The Balaban J connectivity index is 1.61. The first-order valence-corrected chi connectivity index (χ1v) is 16.8. The predicted octanol–water partition coefficient (Wildman–Crippen LogP) is 6.03. The number of aliphatic hydroxyl groups excluding tert-OH is 1. The highest BCUT2D eigenvalue weighted by Crippen LogP contribution is 2.24. The first-order valence-electron chi connectivity index (χ1n) is 16.8. The van der Waals surface area contributed by atoms with Gasteiger partial charge >= 0.3 is 5.97 Å². The lowest BCUT2D eigenvalue weighted by atomic mass is 9.97. The molecule has 0 heterocycles. The third-order valence-corrected chi connectivity index (χ3v) is 7.96. The Morgan fingerprint density at radius 2 is 1.55 bits per heavy atom. The van der Waals surface area contributed by atoms with Crippen LogP contribution in [0.2, 0.25) is 0 Å². The normalized spacial score (nSPS) is 13.3. The molecule has 0 fully saturated rings. The van der Waals surface area contributed by atoms with E-state index in [4.69, 9.17) is 14.2 Å². The summed E-state index contributed by atoms with van der Waals surface area (Å²) in [6.07, 6.45) is 5.65.